The molecule has 0 N–H and O–H groups in total. The molecule has 0 aromatic carbocycles. The second-order valence-corrected chi connectivity index (χ2v) is 5.05. The van der Waals surface area contributed by atoms with E-state index < -0.39 is 0 Å². The molecular formula is C15H30N2. The van der Waals surface area contributed by atoms with Gasteiger partial charge in [0.15, 0.2) is 0 Å². The first kappa shape index (κ1) is 14.4. The van der Waals surface area contributed by atoms with Crippen LogP contribution in [-0.4, -0.2) is 29.1 Å². The van der Waals surface area contributed by atoms with E-state index in [1.807, 2.05) is 0 Å². The molecule has 0 spiro atoms. The van der Waals surface area contributed by atoms with Crippen molar-refractivity contribution in [2.45, 2.75) is 71.9 Å². The molecule has 2 nitrogen and oxygen atoms in total. The summed E-state index contributed by atoms with van der Waals surface area (Å²) in [6.45, 7) is 9.17. The molecule has 1 aliphatic heterocycles. The summed E-state index contributed by atoms with van der Waals surface area (Å²) < 4.78 is 0. The normalized spacial score (nSPS) is 19.4. The maximum atomic E-state index is 2.54. The fourth-order valence-electron chi connectivity index (χ4n) is 2.53. The van der Waals surface area contributed by atoms with Crippen LogP contribution in [0.15, 0.2) is 12.4 Å². The van der Waals surface area contributed by atoms with Crippen molar-refractivity contribution >= 4 is 0 Å². The number of nitrogens with zero attached hydrogens (tertiary/aromatic N) is 2. The third-order valence-corrected chi connectivity index (χ3v) is 3.67. The van der Waals surface area contributed by atoms with Gasteiger partial charge in [-0.25, -0.2) is 0 Å². The Morgan fingerprint density at radius 2 is 1.53 bits per heavy atom. The highest BCUT2D eigenvalue weighted by Crippen LogP contribution is 2.21. The monoisotopic (exact) mass is 238 g/mol. The third kappa shape index (κ3) is 4.61. The summed E-state index contributed by atoms with van der Waals surface area (Å²) >= 11 is 0. The SMILES string of the molecule is CCCCCCC1N(CC)C=CN1CCCC. The minimum atomic E-state index is 0.642. The lowest BCUT2D eigenvalue weighted by atomic mass is 10.1. The van der Waals surface area contributed by atoms with E-state index in [0.717, 1.165) is 6.54 Å². The fraction of sp³-hybridized carbons (Fsp3) is 0.867. The molecule has 0 saturated carbocycles. The van der Waals surface area contributed by atoms with Gasteiger partial charge in [0, 0.05) is 25.5 Å². The molecule has 1 rings (SSSR count). The van der Waals surface area contributed by atoms with Gasteiger partial charge in [-0.3, -0.25) is 0 Å². The van der Waals surface area contributed by atoms with Gasteiger partial charge < -0.3 is 9.80 Å². The Hall–Kier alpha value is -0.660. The van der Waals surface area contributed by atoms with Crippen LogP contribution in [0.25, 0.3) is 0 Å². The molecule has 0 fully saturated rings. The maximum absolute atomic E-state index is 2.54. The molecule has 1 atom stereocenters. The highest BCUT2D eigenvalue weighted by Gasteiger charge is 2.23. The van der Waals surface area contributed by atoms with Crippen molar-refractivity contribution in [3.8, 4) is 0 Å². The van der Waals surface area contributed by atoms with Gasteiger partial charge in [0.05, 0.1) is 0 Å². The van der Waals surface area contributed by atoms with Crippen LogP contribution in [-0.2, 0) is 0 Å². The number of rotatable bonds is 9. The van der Waals surface area contributed by atoms with Crippen molar-refractivity contribution in [3.05, 3.63) is 12.4 Å². The maximum Gasteiger partial charge on any atom is 0.101 e. The van der Waals surface area contributed by atoms with Crippen LogP contribution in [0.2, 0.25) is 0 Å². The smallest absolute Gasteiger partial charge is 0.101 e. The minimum absolute atomic E-state index is 0.642. The molecule has 0 saturated heterocycles. The first-order valence-electron chi connectivity index (χ1n) is 7.53. The average Bonchev–Trinajstić information content (AvgIpc) is 2.74. The summed E-state index contributed by atoms with van der Waals surface area (Å²) in [4.78, 5) is 5.03. The zero-order valence-corrected chi connectivity index (χ0v) is 12.0. The zero-order valence-electron chi connectivity index (χ0n) is 12.0. The summed E-state index contributed by atoms with van der Waals surface area (Å²) in [6.07, 6.45) is 14.6. The lowest BCUT2D eigenvalue weighted by Crippen LogP contribution is -2.38. The van der Waals surface area contributed by atoms with E-state index in [9.17, 15) is 0 Å². The summed E-state index contributed by atoms with van der Waals surface area (Å²) in [5.74, 6) is 0. The van der Waals surface area contributed by atoms with Crippen LogP contribution in [0, 0.1) is 0 Å². The largest absolute Gasteiger partial charge is 0.356 e. The lowest BCUT2D eigenvalue weighted by molar-refractivity contribution is 0.143. The van der Waals surface area contributed by atoms with E-state index in [1.54, 1.807) is 0 Å². The molecule has 1 unspecified atom stereocenters. The second-order valence-electron chi connectivity index (χ2n) is 5.05. The van der Waals surface area contributed by atoms with Crippen molar-refractivity contribution in [2.24, 2.45) is 0 Å². The Morgan fingerprint density at radius 3 is 2.18 bits per heavy atom. The van der Waals surface area contributed by atoms with Crippen molar-refractivity contribution in [1.82, 2.24) is 9.80 Å². The summed E-state index contributed by atoms with van der Waals surface area (Å²) in [7, 11) is 0. The van der Waals surface area contributed by atoms with Gasteiger partial charge in [0.2, 0.25) is 0 Å². The Balaban J connectivity index is 2.33. The first-order chi connectivity index (χ1) is 8.33. The van der Waals surface area contributed by atoms with E-state index in [2.05, 4.69) is 43.0 Å². The van der Waals surface area contributed by atoms with Gasteiger partial charge in [-0.15, -0.1) is 0 Å². The first-order valence-corrected chi connectivity index (χ1v) is 7.53. The summed E-state index contributed by atoms with van der Waals surface area (Å²) in [6, 6.07) is 0. The molecule has 0 aliphatic carbocycles. The van der Waals surface area contributed by atoms with Crippen LogP contribution in [0.5, 0.6) is 0 Å². The van der Waals surface area contributed by atoms with Crippen LogP contribution in [0.3, 0.4) is 0 Å². The van der Waals surface area contributed by atoms with Crippen LogP contribution in [0.4, 0.5) is 0 Å². The molecule has 0 aromatic rings. The molecule has 0 radical (unpaired) electrons. The van der Waals surface area contributed by atoms with Gasteiger partial charge >= 0.3 is 0 Å². The Morgan fingerprint density at radius 1 is 0.824 bits per heavy atom. The molecule has 1 heterocycles. The Labute approximate surface area is 108 Å². The van der Waals surface area contributed by atoms with Gasteiger partial charge in [-0.2, -0.15) is 0 Å². The lowest BCUT2D eigenvalue weighted by Gasteiger charge is -2.32. The molecule has 0 aromatic heterocycles. The molecule has 0 bridgehead atoms. The van der Waals surface area contributed by atoms with Gasteiger partial charge in [0.1, 0.15) is 6.17 Å². The quantitative estimate of drug-likeness (QED) is 0.556. The molecule has 0 amide bonds. The van der Waals surface area contributed by atoms with E-state index in [0.29, 0.717) is 6.17 Å². The molecular weight excluding hydrogens is 208 g/mol. The van der Waals surface area contributed by atoms with Gasteiger partial charge in [-0.05, 0) is 26.2 Å². The van der Waals surface area contributed by atoms with Crippen LogP contribution >= 0.6 is 0 Å². The van der Waals surface area contributed by atoms with Crippen molar-refractivity contribution in [3.63, 3.8) is 0 Å². The van der Waals surface area contributed by atoms with E-state index in [4.69, 9.17) is 0 Å². The number of hydrogen-bond acceptors (Lipinski definition) is 2. The predicted molar refractivity (Wildman–Crippen MR) is 75.7 cm³/mol. The van der Waals surface area contributed by atoms with Gasteiger partial charge in [-0.1, -0.05) is 39.5 Å². The van der Waals surface area contributed by atoms with Crippen molar-refractivity contribution in [2.75, 3.05) is 13.1 Å². The number of hydrogen-bond donors (Lipinski definition) is 0. The Bertz CT molecular complexity index is 213. The fourth-order valence-corrected chi connectivity index (χ4v) is 2.53. The highest BCUT2D eigenvalue weighted by molar-refractivity contribution is 4.96. The molecule has 2 heteroatoms. The predicted octanol–water partition coefficient (Wildman–Crippen LogP) is 4.19. The molecule has 17 heavy (non-hydrogen) atoms. The van der Waals surface area contributed by atoms with E-state index in [-0.39, 0.29) is 0 Å². The van der Waals surface area contributed by atoms with Crippen LogP contribution < -0.4 is 0 Å². The van der Waals surface area contributed by atoms with Crippen LogP contribution in [0.1, 0.15) is 65.7 Å². The standard InChI is InChI=1S/C15H30N2/c1-4-7-9-10-11-15-16(6-3)13-14-17(15)12-8-5-2/h13-15H,4-12H2,1-3H3. The third-order valence-electron chi connectivity index (χ3n) is 3.67. The van der Waals surface area contributed by atoms with Crippen molar-refractivity contribution in [1.29, 1.82) is 0 Å². The minimum Gasteiger partial charge on any atom is -0.356 e. The topological polar surface area (TPSA) is 6.48 Å². The molecule has 100 valence electrons. The van der Waals surface area contributed by atoms with E-state index >= 15 is 0 Å². The van der Waals surface area contributed by atoms with Crippen molar-refractivity contribution < 1.29 is 0 Å². The zero-order chi connectivity index (χ0) is 12.5. The Kier molecular flexibility index (Phi) is 7.14. The highest BCUT2D eigenvalue weighted by atomic mass is 15.4. The molecule has 1 aliphatic rings. The summed E-state index contributed by atoms with van der Waals surface area (Å²) in [5.41, 5.74) is 0. The summed E-state index contributed by atoms with van der Waals surface area (Å²) in [5, 5.41) is 0. The van der Waals surface area contributed by atoms with E-state index in [1.165, 1.54) is 51.5 Å². The second kappa shape index (κ2) is 8.43. The van der Waals surface area contributed by atoms with Gasteiger partial charge in [0.25, 0.3) is 0 Å². The number of unbranched alkanes of at least 4 members (excludes halogenated alkanes) is 4. The average molecular weight is 238 g/mol.